The SMILES string of the molecule is CC(C)c1ccc(OC2CC2)c(N)c1. The number of hydrogen-bond donors (Lipinski definition) is 1. The van der Waals surface area contributed by atoms with Gasteiger partial charge in [-0.05, 0) is 36.5 Å². The molecule has 2 N–H and O–H groups in total. The van der Waals surface area contributed by atoms with E-state index in [1.54, 1.807) is 0 Å². The lowest BCUT2D eigenvalue weighted by atomic mass is 10.0. The third-order valence-corrected chi connectivity index (χ3v) is 2.52. The molecule has 1 aliphatic carbocycles. The van der Waals surface area contributed by atoms with Crippen LogP contribution in [0.25, 0.3) is 0 Å². The van der Waals surface area contributed by atoms with Crippen molar-refractivity contribution in [2.45, 2.75) is 38.7 Å². The van der Waals surface area contributed by atoms with Gasteiger partial charge in [0.25, 0.3) is 0 Å². The number of anilines is 1. The van der Waals surface area contributed by atoms with Crippen molar-refractivity contribution in [1.82, 2.24) is 0 Å². The molecule has 0 spiro atoms. The van der Waals surface area contributed by atoms with Crippen LogP contribution < -0.4 is 10.5 Å². The summed E-state index contributed by atoms with van der Waals surface area (Å²) in [6.45, 7) is 4.33. The van der Waals surface area contributed by atoms with Crippen molar-refractivity contribution in [3.63, 3.8) is 0 Å². The topological polar surface area (TPSA) is 35.2 Å². The van der Waals surface area contributed by atoms with Gasteiger partial charge in [0.2, 0.25) is 0 Å². The molecule has 1 aromatic rings. The molecule has 1 aromatic carbocycles. The van der Waals surface area contributed by atoms with E-state index in [2.05, 4.69) is 19.9 Å². The van der Waals surface area contributed by atoms with Gasteiger partial charge in [0, 0.05) is 0 Å². The van der Waals surface area contributed by atoms with Crippen molar-refractivity contribution in [3.05, 3.63) is 23.8 Å². The molecule has 0 amide bonds. The second-order valence-electron chi connectivity index (χ2n) is 4.27. The van der Waals surface area contributed by atoms with Crippen LogP contribution in [0.2, 0.25) is 0 Å². The minimum Gasteiger partial charge on any atom is -0.488 e. The summed E-state index contributed by atoms with van der Waals surface area (Å²) in [5, 5.41) is 0. The van der Waals surface area contributed by atoms with Crippen LogP contribution in [0.1, 0.15) is 38.2 Å². The summed E-state index contributed by atoms with van der Waals surface area (Å²) in [5.41, 5.74) is 7.95. The van der Waals surface area contributed by atoms with Gasteiger partial charge in [-0.25, -0.2) is 0 Å². The second kappa shape index (κ2) is 3.52. The summed E-state index contributed by atoms with van der Waals surface area (Å²) in [6, 6.07) is 6.10. The molecule has 0 unspecified atom stereocenters. The highest BCUT2D eigenvalue weighted by Crippen LogP contribution is 2.32. The van der Waals surface area contributed by atoms with Crippen molar-refractivity contribution in [1.29, 1.82) is 0 Å². The molecular formula is C12H17NO. The number of ether oxygens (including phenoxy) is 1. The molecule has 76 valence electrons. The minimum absolute atomic E-state index is 0.419. The first-order chi connectivity index (χ1) is 6.66. The van der Waals surface area contributed by atoms with Gasteiger partial charge in [-0.1, -0.05) is 19.9 Å². The van der Waals surface area contributed by atoms with Crippen molar-refractivity contribution in [2.75, 3.05) is 5.73 Å². The molecule has 0 saturated heterocycles. The molecule has 0 aromatic heterocycles. The van der Waals surface area contributed by atoms with Gasteiger partial charge in [0.1, 0.15) is 5.75 Å². The maximum atomic E-state index is 5.91. The Kier molecular flexibility index (Phi) is 2.36. The zero-order chi connectivity index (χ0) is 10.1. The Labute approximate surface area is 85.1 Å². The van der Waals surface area contributed by atoms with Crippen LogP contribution in [-0.2, 0) is 0 Å². The van der Waals surface area contributed by atoms with Gasteiger partial charge in [0.15, 0.2) is 0 Å². The van der Waals surface area contributed by atoms with E-state index in [1.807, 2.05) is 12.1 Å². The Balaban J connectivity index is 2.17. The highest BCUT2D eigenvalue weighted by atomic mass is 16.5. The molecule has 2 nitrogen and oxygen atoms in total. The average molecular weight is 191 g/mol. The molecule has 0 aliphatic heterocycles. The molecule has 0 radical (unpaired) electrons. The Hall–Kier alpha value is -1.18. The molecule has 0 bridgehead atoms. The molecule has 14 heavy (non-hydrogen) atoms. The summed E-state index contributed by atoms with van der Waals surface area (Å²) in [4.78, 5) is 0. The third-order valence-electron chi connectivity index (χ3n) is 2.52. The standard InChI is InChI=1S/C12H17NO/c1-8(2)9-3-6-12(11(13)7-9)14-10-4-5-10/h3,6-8,10H,4-5,13H2,1-2H3. The van der Waals surface area contributed by atoms with E-state index in [9.17, 15) is 0 Å². The van der Waals surface area contributed by atoms with Gasteiger partial charge < -0.3 is 10.5 Å². The van der Waals surface area contributed by atoms with Gasteiger partial charge >= 0.3 is 0 Å². The number of nitrogen functional groups attached to an aromatic ring is 1. The second-order valence-corrected chi connectivity index (χ2v) is 4.27. The van der Waals surface area contributed by atoms with E-state index in [1.165, 1.54) is 18.4 Å². The van der Waals surface area contributed by atoms with E-state index < -0.39 is 0 Å². The van der Waals surface area contributed by atoms with E-state index in [0.717, 1.165) is 11.4 Å². The molecule has 0 atom stereocenters. The first-order valence-electron chi connectivity index (χ1n) is 5.23. The van der Waals surface area contributed by atoms with Crippen LogP contribution in [0.15, 0.2) is 18.2 Å². The Morgan fingerprint density at radius 2 is 2.07 bits per heavy atom. The lowest BCUT2D eigenvalue weighted by Crippen LogP contribution is -2.00. The average Bonchev–Trinajstić information content (AvgIpc) is 2.92. The number of rotatable bonds is 3. The number of nitrogens with two attached hydrogens (primary N) is 1. The van der Waals surface area contributed by atoms with Gasteiger partial charge in [-0.3, -0.25) is 0 Å². The monoisotopic (exact) mass is 191 g/mol. The van der Waals surface area contributed by atoms with Crippen LogP contribution in [0.5, 0.6) is 5.75 Å². The van der Waals surface area contributed by atoms with Crippen LogP contribution >= 0.6 is 0 Å². The maximum Gasteiger partial charge on any atom is 0.142 e. The molecule has 2 rings (SSSR count). The molecular weight excluding hydrogens is 174 g/mol. The zero-order valence-corrected chi connectivity index (χ0v) is 8.79. The predicted molar refractivity (Wildman–Crippen MR) is 58.6 cm³/mol. The van der Waals surface area contributed by atoms with Crippen LogP contribution in [0.3, 0.4) is 0 Å². The molecule has 1 aliphatic rings. The van der Waals surface area contributed by atoms with Crippen LogP contribution in [0, 0.1) is 0 Å². The van der Waals surface area contributed by atoms with Gasteiger partial charge in [0.05, 0.1) is 11.8 Å². The highest BCUT2D eigenvalue weighted by Gasteiger charge is 2.24. The van der Waals surface area contributed by atoms with Gasteiger partial charge in [-0.15, -0.1) is 0 Å². The first kappa shape index (κ1) is 9.38. The summed E-state index contributed by atoms with van der Waals surface area (Å²) in [6.07, 6.45) is 2.76. The van der Waals surface area contributed by atoms with Crippen molar-refractivity contribution >= 4 is 5.69 Å². The van der Waals surface area contributed by atoms with E-state index in [0.29, 0.717) is 12.0 Å². The molecule has 1 fully saturated rings. The fraction of sp³-hybridized carbons (Fsp3) is 0.500. The molecule has 2 heteroatoms. The zero-order valence-electron chi connectivity index (χ0n) is 8.79. The van der Waals surface area contributed by atoms with E-state index >= 15 is 0 Å². The van der Waals surface area contributed by atoms with Gasteiger partial charge in [-0.2, -0.15) is 0 Å². The fourth-order valence-electron chi connectivity index (χ4n) is 1.40. The lowest BCUT2D eigenvalue weighted by Gasteiger charge is -2.11. The van der Waals surface area contributed by atoms with Crippen LogP contribution in [-0.4, -0.2) is 6.10 Å². The smallest absolute Gasteiger partial charge is 0.142 e. The Morgan fingerprint density at radius 1 is 1.36 bits per heavy atom. The van der Waals surface area contributed by atoms with E-state index in [-0.39, 0.29) is 0 Å². The highest BCUT2D eigenvalue weighted by molar-refractivity contribution is 5.55. The number of benzene rings is 1. The van der Waals surface area contributed by atoms with Crippen molar-refractivity contribution in [3.8, 4) is 5.75 Å². The van der Waals surface area contributed by atoms with E-state index in [4.69, 9.17) is 10.5 Å². The molecule has 0 heterocycles. The molecule has 1 saturated carbocycles. The quantitative estimate of drug-likeness (QED) is 0.745. The van der Waals surface area contributed by atoms with Crippen molar-refractivity contribution < 1.29 is 4.74 Å². The minimum atomic E-state index is 0.419. The van der Waals surface area contributed by atoms with Crippen LogP contribution in [0.4, 0.5) is 5.69 Å². The first-order valence-corrected chi connectivity index (χ1v) is 5.23. The fourth-order valence-corrected chi connectivity index (χ4v) is 1.40. The Morgan fingerprint density at radius 3 is 2.57 bits per heavy atom. The normalized spacial score (nSPS) is 15.9. The lowest BCUT2D eigenvalue weighted by molar-refractivity contribution is 0.305. The third kappa shape index (κ3) is 2.00. The summed E-state index contributed by atoms with van der Waals surface area (Å²) < 4.78 is 5.67. The largest absolute Gasteiger partial charge is 0.488 e. The number of hydrogen-bond acceptors (Lipinski definition) is 2. The predicted octanol–water partition coefficient (Wildman–Crippen LogP) is 2.93. The Bertz CT molecular complexity index is 329. The summed E-state index contributed by atoms with van der Waals surface area (Å²) in [7, 11) is 0. The summed E-state index contributed by atoms with van der Waals surface area (Å²) >= 11 is 0. The maximum absolute atomic E-state index is 5.91. The summed E-state index contributed by atoms with van der Waals surface area (Å²) in [5.74, 6) is 1.36. The van der Waals surface area contributed by atoms with Crippen molar-refractivity contribution in [2.24, 2.45) is 0 Å².